The first-order chi connectivity index (χ1) is 9.66. The van der Waals surface area contributed by atoms with Crippen LogP contribution in [0.5, 0.6) is 0 Å². The van der Waals surface area contributed by atoms with Gasteiger partial charge in [0.1, 0.15) is 5.82 Å². The molecule has 6 nitrogen and oxygen atoms in total. The monoisotopic (exact) mass is 270 g/mol. The normalized spacial score (nSPS) is 9.85. The van der Waals surface area contributed by atoms with E-state index >= 15 is 0 Å². The third kappa shape index (κ3) is 3.61. The molecule has 2 aromatic rings. The Morgan fingerprint density at radius 3 is 2.65 bits per heavy atom. The van der Waals surface area contributed by atoms with Gasteiger partial charge >= 0.3 is 11.8 Å². The maximum absolute atomic E-state index is 11.7. The van der Waals surface area contributed by atoms with E-state index in [1.165, 1.54) is 0 Å². The van der Waals surface area contributed by atoms with Gasteiger partial charge in [0.05, 0.1) is 0 Å². The summed E-state index contributed by atoms with van der Waals surface area (Å²) in [5.41, 5.74) is 1.61. The van der Waals surface area contributed by atoms with Crippen LogP contribution < -0.4 is 10.6 Å². The number of nitrogens with zero attached hydrogens (tertiary/aromatic N) is 2. The molecule has 0 bridgehead atoms. The Bertz CT molecular complexity index is 614. The highest BCUT2D eigenvalue weighted by molar-refractivity contribution is 6.39. The first-order valence-electron chi connectivity index (χ1n) is 6.06. The van der Waals surface area contributed by atoms with Crippen LogP contribution in [0.2, 0.25) is 0 Å². The minimum atomic E-state index is -0.740. The van der Waals surface area contributed by atoms with Crippen LogP contribution in [0.4, 0.5) is 5.82 Å². The lowest BCUT2D eigenvalue weighted by molar-refractivity contribution is -0.136. The van der Waals surface area contributed by atoms with Crippen molar-refractivity contribution in [2.24, 2.45) is 0 Å². The summed E-state index contributed by atoms with van der Waals surface area (Å²) in [6.07, 6.45) is 4.82. The maximum Gasteiger partial charge on any atom is 0.314 e. The van der Waals surface area contributed by atoms with Crippen LogP contribution in [-0.4, -0.2) is 21.8 Å². The van der Waals surface area contributed by atoms with Crippen molar-refractivity contribution in [3.8, 4) is 0 Å². The molecule has 0 spiro atoms. The summed E-state index contributed by atoms with van der Waals surface area (Å²) in [7, 11) is 0. The van der Waals surface area contributed by atoms with Crippen LogP contribution in [0.15, 0.2) is 42.9 Å². The molecule has 2 heterocycles. The molecule has 2 N–H and O–H groups in total. The van der Waals surface area contributed by atoms with E-state index in [-0.39, 0.29) is 6.54 Å². The van der Waals surface area contributed by atoms with E-state index in [0.29, 0.717) is 5.82 Å². The molecule has 20 heavy (non-hydrogen) atoms. The van der Waals surface area contributed by atoms with Crippen LogP contribution in [0.1, 0.15) is 11.1 Å². The van der Waals surface area contributed by atoms with Gasteiger partial charge in [-0.05, 0) is 30.2 Å². The first-order valence-corrected chi connectivity index (χ1v) is 6.06. The fourth-order valence-electron chi connectivity index (χ4n) is 1.55. The van der Waals surface area contributed by atoms with Gasteiger partial charge in [-0.1, -0.05) is 12.1 Å². The Balaban J connectivity index is 1.90. The lowest BCUT2D eigenvalue weighted by Gasteiger charge is -2.07. The summed E-state index contributed by atoms with van der Waals surface area (Å²) in [6.45, 7) is 2.05. The predicted octanol–water partition coefficient (Wildman–Crippen LogP) is 1.04. The molecule has 6 heteroatoms. The van der Waals surface area contributed by atoms with Gasteiger partial charge in [-0.15, -0.1) is 0 Å². The van der Waals surface area contributed by atoms with Gasteiger partial charge in [0.25, 0.3) is 0 Å². The molecule has 0 atom stereocenters. The van der Waals surface area contributed by atoms with Gasteiger partial charge in [0, 0.05) is 25.1 Å². The molecule has 0 fully saturated rings. The number of anilines is 1. The van der Waals surface area contributed by atoms with Gasteiger partial charge in [0.2, 0.25) is 0 Å². The quantitative estimate of drug-likeness (QED) is 0.816. The Kier molecular flexibility index (Phi) is 4.39. The highest BCUT2D eigenvalue weighted by Crippen LogP contribution is 2.08. The van der Waals surface area contributed by atoms with Crippen molar-refractivity contribution >= 4 is 17.6 Å². The SMILES string of the molecule is Cc1cccnc1NC(=O)C(=O)NCc1cccnc1. The lowest BCUT2D eigenvalue weighted by atomic mass is 10.3. The standard InChI is InChI=1S/C14H14N4O2/c1-10-4-2-7-16-12(10)18-14(20)13(19)17-9-11-5-3-6-15-8-11/h2-8H,9H2,1H3,(H,17,19)(H,16,18,20). The summed E-state index contributed by atoms with van der Waals surface area (Å²) in [6, 6.07) is 7.14. The number of carbonyl (C=O) groups excluding carboxylic acids is 2. The molecule has 0 radical (unpaired) electrons. The molecule has 2 amide bonds. The van der Waals surface area contributed by atoms with Crippen LogP contribution in [-0.2, 0) is 16.1 Å². The molecular weight excluding hydrogens is 256 g/mol. The fourth-order valence-corrected chi connectivity index (χ4v) is 1.55. The van der Waals surface area contributed by atoms with Crippen LogP contribution >= 0.6 is 0 Å². The van der Waals surface area contributed by atoms with Crippen molar-refractivity contribution in [1.82, 2.24) is 15.3 Å². The molecule has 0 aliphatic rings. The van der Waals surface area contributed by atoms with Crippen molar-refractivity contribution in [1.29, 1.82) is 0 Å². The lowest BCUT2D eigenvalue weighted by Crippen LogP contribution is -2.35. The molecule has 0 saturated heterocycles. The minimum Gasteiger partial charge on any atom is -0.344 e. The highest BCUT2D eigenvalue weighted by Gasteiger charge is 2.14. The van der Waals surface area contributed by atoms with Crippen molar-refractivity contribution in [3.63, 3.8) is 0 Å². The van der Waals surface area contributed by atoms with E-state index in [4.69, 9.17) is 0 Å². The molecule has 0 aromatic carbocycles. The number of aryl methyl sites for hydroxylation is 1. The minimum absolute atomic E-state index is 0.251. The predicted molar refractivity (Wildman–Crippen MR) is 73.7 cm³/mol. The van der Waals surface area contributed by atoms with Gasteiger partial charge in [-0.25, -0.2) is 4.98 Å². The number of pyridine rings is 2. The highest BCUT2D eigenvalue weighted by atomic mass is 16.2. The third-order valence-corrected chi connectivity index (χ3v) is 2.62. The number of rotatable bonds is 3. The topological polar surface area (TPSA) is 84.0 Å². The molecule has 0 unspecified atom stereocenters. The van der Waals surface area contributed by atoms with E-state index < -0.39 is 11.8 Å². The summed E-state index contributed by atoms with van der Waals surface area (Å²) in [5.74, 6) is -1.07. The Morgan fingerprint density at radius 2 is 1.95 bits per heavy atom. The molecule has 0 aliphatic heterocycles. The van der Waals surface area contributed by atoms with Gasteiger partial charge in [0.15, 0.2) is 0 Å². The number of carbonyl (C=O) groups is 2. The fraction of sp³-hybridized carbons (Fsp3) is 0.143. The third-order valence-electron chi connectivity index (χ3n) is 2.62. The zero-order chi connectivity index (χ0) is 14.4. The van der Waals surface area contributed by atoms with E-state index in [0.717, 1.165) is 11.1 Å². The second kappa shape index (κ2) is 6.42. The van der Waals surface area contributed by atoms with E-state index in [2.05, 4.69) is 20.6 Å². The van der Waals surface area contributed by atoms with Gasteiger partial charge in [-0.3, -0.25) is 14.6 Å². The van der Waals surface area contributed by atoms with Crippen LogP contribution in [0.3, 0.4) is 0 Å². The summed E-state index contributed by atoms with van der Waals surface area (Å²) < 4.78 is 0. The molecule has 2 aromatic heterocycles. The summed E-state index contributed by atoms with van der Waals surface area (Å²) in [4.78, 5) is 31.3. The maximum atomic E-state index is 11.7. The second-order valence-corrected chi connectivity index (χ2v) is 4.17. The van der Waals surface area contributed by atoms with Gasteiger partial charge in [-0.2, -0.15) is 0 Å². The molecular formula is C14H14N4O2. The van der Waals surface area contributed by atoms with Crippen molar-refractivity contribution in [3.05, 3.63) is 54.0 Å². The molecule has 102 valence electrons. The summed E-state index contributed by atoms with van der Waals surface area (Å²) >= 11 is 0. The number of nitrogens with one attached hydrogen (secondary N) is 2. The zero-order valence-electron chi connectivity index (χ0n) is 11.0. The average Bonchev–Trinajstić information content (AvgIpc) is 2.48. The van der Waals surface area contributed by atoms with Gasteiger partial charge < -0.3 is 10.6 Å². The Labute approximate surface area is 116 Å². The first kappa shape index (κ1) is 13.7. The number of aromatic nitrogens is 2. The number of hydrogen-bond donors (Lipinski definition) is 2. The van der Waals surface area contributed by atoms with E-state index in [9.17, 15) is 9.59 Å². The van der Waals surface area contributed by atoms with Crippen molar-refractivity contribution < 1.29 is 9.59 Å². The molecule has 0 aliphatic carbocycles. The number of hydrogen-bond acceptors (Lipinski definition) is 4. The molecule has 2 rings (SSSR count). The summed E-state index contributed by atoms with van der Waals surface area (Å²) in [5, 5.41) is 4.99. The van der Waals surface area contributed by atoms with Crippen LogP contribution in [0.25, 0.3) is 0 Å². The zero-order valence-corrected chi connectivity index (χ0v) is 11.0. The van der Waals surface area contributed by atoms with E-state index in [1.807, 2.05) is 6.07 Å². The van der Waals surface area contributed by atoms with Crippen molar-refractivity contribution in [2.75, 3.05) is 5.32 Å². The average molecular weight is 270 g/mol. The number of amides is 2. The smallest absolute Gasteiger partial charge is 0.314 e. The molecule has 0 saturated carbocycles. The Morgan fingerprint density at radius 1 is 1.15 bits per heavy atom. The van der Waals surface area contributed by atoms with Crippen LogP contribution in [0, 0.1) is 6.92 Å². The second-order valence-electron chi connectivity index (χ2n) is 4.17. The Hall–Kier alpha value is -2.76. The van der Waals surface area contributed by atoms with E-state index in [1.54, 1.807) is 43.7 Å². The van der Waals surface area contributed by atoms with Crippen molar-refractivity contribution in [2.45, 2.75) is 13.5 Å². The largest absolute Gasteiger partial charge is 0.344 e.